The molecule has 0 rings (SSSR count). The molecule has 0 aliphatic carbocycles. The number of hydrogen-bond donors (Lipinski definition) is 1. The quantitative estimate of drug-likeness (QED) is 0.500. The molecule has 0 aromatic rings. The van der Waals surface area contributed by atoms with Crippen molar-refractivity contribution < 1.29 is 14.6 Å². The Hall–Kier alpha value is -0.870. The molecule has 14 heavy (non-hydrogen) atoms. The van der Waals surface area contributed by atoms with Crippen LogP contribution in [0.4, 0.5) is 0 Å². The van der Waals surface area contributed by atoms with E-state index >= 15 is 0 Å². The Bertz CT molecular complexity index is 202. The van der Waals surface area contributed by atoms with Crippen LogP contribution in [0.1, 0.15) is 13.3 Å². The number of carbonyl (C=O) groups excluding carboxylic acids is 1. The number of aliphatic hydroxyl groups excluding tert-OH is 1. The first kappa shape index (κ1) is 13.1. The lowest BCUT2D eigenvalue weighted by Crippen LogP contribution is -2.32. The molecule has 0 amide bonds. The summed E-state index contributed by atoms with van der Waals surface area (Å²) in [7, 11) is 3.75. The first-order valence-corrected chi connectivity index (χ1v) is 4.59. The first-order chi connectivity index (χ1) is 6.49. The number of hydrogen-bond acceptors (Lipinski definition) is 4. The molecule has 0 aliphatic heterocycles. The summed E-state index contributed by atoms with van der Waals surface area (Å²) in [5.41, 5.74) is 0.399. The van der Waals surface area contributed by atoms with Crippen LogP contribution < -0.4 is 0 Å². The van der Waals surface area contributed by atoms with E-state index in [2.05, 4.69) is 6.58 Å². The van der Waals surface area contributed by atoms with E-state index in [1.54, 1.807) is 6.92 Å². The van der Waals surface area contributed by atoms with Crippen LogP contribution in [0, 0.1) is 0 Å². The molecule has 1 unspecified atom stereocenters. The van der Waals surface area contributed by atoms with Gasteiger partial charge in [0.2, 0.25) is 0 Å². The lowest BCUT2D eigenvalue weighted by atomic mass is 10.2. The normalized spacial score (nSPS) is 12.6. The Morgan fingerprint density at radius 2 is 2.14 bits per heavy atom. The first-order valence-electron chi connectivity index (χ1n) is 4.59. The maximum atomic E-state index is 11.0. The minimum atomic E-state index is -0.375. The zero-order valence-corrected chi connectivity index (χ0v) is 9.12. The van der Waals surface area contributed by atoms with E-state index in [0.717, 1.165) is 0 Å². The fraction of sp³-hybridized carbons (Fsp3) is 0.700. The summed E-state index contributed by atoms with van der Waals surface area (Å²) in [6.45, 7) is 5.46. The summed E-state index contributed by atoms with van der Waals surface area (Å²) in [5.74, 6) is -0.375. The molecule has 0 heterocycles. The van der Waals surface area contributed by atoms with E-state index in [4.69, 9.17) is 9.84 Å². The lowest BCUT2D eigenvalue weighted by molar-refractivity contribution is -0.139. The molecule has 0 fully saturated rings. The van der Waals surface area contributed by atoms with Crippen molar-refractivity contribution in [3.8, 4) is 0 Å². The summed E-state index contributed by atoms with van der Waals surface area (Å²) in [5, 5.41) is 8.97. The topological polar surface area (TPSA) is 49.8 Å². The highest BCUT2D eigenvalue weighted by molar-refractivity contribution is 5.86. The highest BCUT2D eigenvalue weighted by Gasteiger charge is 2.11. The van der Waals surface area contributed by atoms with Crippen LogP contribution in [0.3, 0.4) is 0 Å². The number of aliphatic hydroxyl groups is 1. The van der Waals surface area contributed by atoms with Crippen molar-refractivity contribution >= 4 is 5.97 Å². The van der Waals surface area contributed by atoms with Crippen molar-refractivity contribution in [2.75, 3.05) is 27.3 Å². The van der Waals surface area contributed by atoms with Crippen LogP contribution in [-0.4, -0.2) is 49.3 Å². The van der Waals surface area contributed by atoms with Crippen LogP contribution in [0.15, 0.2) is 12.2 Å². The number of carbonyl (C=O) groups is 1. The zero-order chi connectivity index (χ0) is 11.1. The second-order valence-electron chi connectivity index (χ2n) is 3.50. The SMILES string of the molecule is C=C(C)C(=O)OCCC(CO)N(C)C. The second kappa shape index (κ2) is 6.56. The Labute approximate surface area is 85.2 Å². The largest absolute Gasteiger partial charge is 0.462 e. The highest BCUT2D eigenvalue weighted by Crippen LogP contribution is 2.00. The number of nitrogens with zero attached hydrogens (tertiary/aromatic N) is 1. The smallest absolute Gasteiger partial charge is 0.333 e. The van der Waals surface area contributed by atoms with Crippen molar-refractivity contribution in [1.29, 1.82) is 0 Å². The van der Waals surface area contributed by atoms with E-state index in [-0.39, 0.29) is 18.6 Å². The van der Waals surface area contributed by atoms with Gasteiger partial charge in [0.25, 0.3) is 0 Å². The third kappa shape index (κ3) is 4.99. The molecule has 0 radical (unpaired) electrons. The monoisotopic (exact) mass is 201 g/mol. The summed E-state index contributed by atoms with van der Waals surface area (Å²) in [6.07, 6.45) is 0.628. The molecule has 1 atom stereocenters. The number of esters is 1. The summed E-state index contributed by atoms with van der Waals surface area (Å²) >= 11 is 0. The second-order valence-corrected chi connectivity index (χ2v) is 3.50. The molecule has 4 nitrogen and oxygen atoms in total. The summed E-state index contributed by atoms with van der Waals surface area (Å²) < 4.78 is 4.91. The van der Waals surface area contributed by atoms with Gasteiger partial charge >= 0.3 is 5.97 Å². The van der Waals surface area contributed by atoms with Gasteiger partial charge in [-0.1, -0.05) is 6.58 Å². The number of rotatable bonds is 6. The molecule has 82 valence electrons. The van der Waals surface area contributed by atoms with Gasteiger partial charge in [-0.05, 0) is 27.4 Å². The van der Waals surface area contributed by atoms with E-state index < -0.39 is 0 Å². The molecular formula is C10H19NO3. The molecule has 0 aliphatic rings. The van der Waals surface area contributed by atoms with E-state index in [1.165, 1.54) is 0 Å². The molecule has 0 saturated heterocycles. The zero-order valence-electron chi connectivity index (χ0n) is 9.12. The van der Waals surface area contributed by atoms with Crippen molar-refractivity contribution in [2.45, 2.75) is 19.4 Å². The molecule has 4 heteroatoms. The Kier molecular flexibility index (Phi) is 6.16. The minimum Gasteiger partial charge on any atom is -0.462 e. The van der Waals surface area contributed by atoms with Gasteiger partial charge in [0.1, 0.15) is 0 Å². The van der Waals surface area contributed by atoms with Crippen LogP contribution in [0.2, 0.25) is 0 Å². The van der Waals surface area contributed by atoms with Crippen LogP contribution >= 0.6 is 0 Å². The molecular weight excluding hydrogens is 182 g/mol. The molecule has 0 spiro atoms. The van der Waals surface area contributed by atoms with E-state index in [1.807, 2.05) is 19.0 Å². The fourth-order valence-corrected chi connectivity index (χ4v) is 0.924. The van der Waals surface area contributed by atoms with Gasteiger partial charge in [-0.15, -0.1) is 0 Å². The van der Waals surface area contributed by atoms with Crippen molar-refractivity contribution in [1.82, 2.24) is 4.90 Å². The van der Waals surface area contributed by atoms with Gasteiger partial charge in [-0.3, -0.25) is 0 Å². The third-order valence-corrected chi connectivity index (χ3v) is 1.97. The van der Waals surface area contributed by atoms with Gasteiger partial charge < -0.3 is 14.7 Å². The molecule has 1 N–H and O–H groups in total. The molecule has 0 aromatic heterocycles. The fourth-order valence-electron chi connectivity index (χ4n) is 0.924. The predicted octanol–water partition coefficient (Wildman–Crippen LogP) is 0.418. The van der Waals surface area contributed by atoms with Gasteiger partial charge in [-0.2, -0.15) is 0 Å². The van der Waals surface area contributed by atoms with Crippen LogP contribution in [0.25, 0.3) is 0 Å². The summed E-state index contributed by atoms with van der Waals surface area (Å²) in [6, 6.07) is 0.0351. The third-order valence-electron chi connectivity index (χ3n) is 1.97. The molecule has 0 bridgehead atoms. The van der Waals surface area contributed by atoms with E-state index in [0.29, 0.717) is 18.6 Å². The van der Waals surface area contributed by atoms with E-state index in [9.17, 15) is 4.79 Å². The van der Waals surface area contributed by atoms with Crippen LogP contribution in [-0.2, 0) is 9.53 Å². The molecule has 0 saturated carbocycles. The maximum absolute atomic E-state index is 11.0. The Morgan fingerprint density at radius 3 is 2.50 bits per heavy atom. The minimum absolute atomic E-state index is 0.0351. The highest BCUT2D eigenvalue weighted by atomic mass is 16.5. The summed E-state index contributed by atoms with van der Waals surface area (Å²) in [4.78, 5) is 12.9. The van der Waals surface area contributed by atoms with Gasteiger partial charge in [0, 0.05) is 11.6 Å². The molecule has 0 aromatic carbocycles. The average Bonchev–Trinajstić information content (AvgIpc) is 2.11. The Balaban J connectivity index is 3.72. The Morgan fingerprint density at radius 1 is 1.57 bits per heavy atom. The van der Waals surface area contributed by atoms with Crippen molar-refractivity contribution in [3.05, 3.63) is 12.2 Å². The van der Waals surface area contributed by atoms with Gasteiger partial charge in [-0.25, -0.2) is 4.79 Å². The standard InChI is InChI=1S/C10H19NO3/c1-8(2)10(13)14-6-5-9(7-12)11(3)4/h9,12H,1,5-7H2,2-4H3. The predicted molar refractivity (Wildman–Crippen MR) is 55.0 cm³/mol. The van der Waals surface area contributed by atoms with Gasteiger partial charge in [0.15, 0.2) is 0 Å². The average molecular weight is 201 g/mol. The van der Waals surface area contributed by atoms with Gasteiger partial charge in [0.05, 0.1) is 13.2 Å². The van der Waals surface area contributed by atoms with Crippen LogP contribution in [0.5, 0.6) is 0 Å². The lowest BCUT2D eigenvalue weighted by Gasteiger charge is -2.21. The maximum Gasteiger partial charge on any atom is 0.333 e. The number of likely N-dealkylation sites (N-methyl/N-ethyl adjacent to an activating group) is 1. The van der Waals surface area contributed by atoms with Crippen molar-refractivity contribution in [2.24, 2.45) is 0 Å². The van der Waals surface area contributed by atoms with Crippen molar-refractivity contribution in [3.63, 3.8) is 0 Å². The number of ether oxygens (including phenoxy) is 1.